The number of nitrogens with zero attached hydrogens (tertiary/aromatic N) is 1. The van der Waals surface area contributed by atoms with Crippen LogP contribution in [0.3, 0.4) is 0 Å². The van der Waals surface area contributed by atoms with Gasteiger partial charge in [0.1, 0.15) is 10.7 Å². The Bertz CT molecular complexity index is 634. The highest BCUT2D eigenvalue weighted by atomic mass is 32.2. The zero-order valence-corrected chi connectivity index (χ0v) is 12.0. The maximum Gasteiger partial charge on any atom is 0.335 e. The van der Waals surface area contributed by atoms with Gasteiger partial charge < -0.3 is 5.11 Å². The third-order valence-corrected chi connectivity index (χ3v) is 5.62. The van der Waals surface area contributed by atoms with Crippen molar-refractivity contribution in [1.29, 1.82) is 0 Å². The molecule has 0 aromatic heterocycles. The summed E-state index contributed by atoms with van der Waals surface area (Å²) in [5.41, 5.74) is -0.274. The molecule has 0 amide bonds. The molecule has 0 bridgehead atoms. The van der Waals surface area contributed by atoms with Gasteiger partial charge in [0.15, 0.2) is 0 Å². The SMILES string of the molecule is CC1CN(S(=O)(=O)c2ccc(C(=O)O)cc2F)CC1C. The minimum Gasteiger partial charge on any atom is -0.478 e. The summed E-state index contributed by atoms with van der Waals surface area (Å²) in [6, 6.07) is 2.85. The number of halogens is 1. The molecule has 0 aliphatic carbocycles. The van der Waals surface area contributed by atoms with E-state index in [1.54, 1.807) is 0 Å². The molecule has 1 aromatic rings. The number of sulfonamides is 1. The van der Waals surface area contributed by atoms with Crippen molar-refractivity contribution in [2.24, 2.45) is 11.8 Å². The van der Waals surface area contributed by atoms with Crippen LogP contribution < -0.4 is 0 Å². The molecule has 1 saturated heterocycles. The lowest BCUT2D eigenvalue weighted by atomic mass is 10.0. The predicted octanol–water partition coefficient (Wildman–Crippen LogP) is 1.80. The smallest absolute Gasteiger partial charge is 0.335 e. The molecular weight excluding hydrogens is 285 g/mol. The van der Waals surface area contributed by atoms with Crippen LogP contribution in [0.4, 0.5) is 4.39 Å². The van der Waals surface area contributed by atoms with Gasteiger partial charge in [0.25, 0.3) is 0 Å². The van der Waals surface area contributed by atoms with Gasteiger partial charge in [0.05, 0.1) is 5.56 Å². The normalized spacial score (nSPS) is 23.9. The van der Waals surface area contributed by atoms with E-state index in [0.29, 0.717) is 13.1 Å². The van der Waals surface area contributed by atoms with Crippen LogP contribution in [0, 0.1) is 17.7 Å². The second-order valence-corrected chi connectivity index (χ2v) is 7.13. The summed E-state index contributed by atoms with van der Waals surface area (Å²) >= 11 is 0. The number of aromatic carboxylic acids is 1. The Morgan fingerprint density at radius 3 is 2.30 bits per heavy atom. The second kappa shape index (κ2) is 5.14. The van der Waals surface area contributed by atoms with E-state index >= 15 is 0 Å². The number of hydrogen-bond donors (Lipinski definition) is 1. The van der Waals surface area contributed by atoms with Crippen LogP contribution in [-0.2, 0) is 10.0 Å². The number of rotatable bonds is 3. The summed E-state index contributed by atoms with van der Waals surface area (Å²) < 4.78 is 39.9. The molecule has 0 spiro atoms. The molecule has 7 heteroatoms. The van der Waals surface area contributed by atoms with Crippen molar-refractivity contribution in [2.75, 3.05) is 13.1 Å². The van der Waals surface area contributed by atoms with Gasteiger partial charge in [-0.3, -0.25) is 0 Å². The first-order valence-electron chi connectivity index (χ1n) is 6.26. The number of carboxylic acids is 1. The number of carbonyl (C=O) groups is 1. The average Bonchev–Trinajstić information content (AvgIpc) is 2.69. The molecule has 0 saturated carbocycles. The van der Waals surface area contributed by atoms with E-state index in [9.17, 15) is 17.6 Å². The number of benzene rings is 1. The highest BCUT2D eigenvalue weighted by Gasteiger charge is 2.36. The van der Waals surface area contributed by atoms with E-state index in [0.717, 1.165) is 18.2 Å². The third kappa shape index (κ3) is 2.55. The van der Waals surface area contributed by atoms with Crippen LogP contribution >= 0.6 is 0 Å². The highest BCUT2D eigenvalue weighted by Crippen LogP contribution is 2.29. The van der Waals surface area contributed by atoms with Crippen LogP contribution in [0.25, 0.3) is 0 Å². The van der Waals surface area contributed by atoms with Crippen molar-refractivity contribution < 1.29 is 22.7 Å². The van der Waals surface area contributed by atoms with Gasteiger partial charge >= 0.3 is 5.97 Å². The molecule has 1 aliphatic heterocycles. The number of carboxylic acid groups (broad SMARTS) is 1. The van der Waals surface area contributed by atoms with Gasteiger partial charge in [0, 0.05) is 13.1 Å². The fourth-order valence-electron chi connectivity index (χ4n) is 2.26. The molecule has 1 heterocycles. The van der Waals surface area contributed by atoms with E-state index in [4.69, 9.17) is 5.11 Å². The Balaban J connectivity index is 2.38. The van der Waals surface area contributed by atoms with Crippen LogP contribution in [0.5, 0.6) is 0 Å². The average molecular weight is 301 g/mol. The zero-order chi connectivity index (χ0) is 15.1. The van der Waals surface area contributed by atoms with Crippen molar-refractivity contribution in [3.05, 3.63) is 29.6 Å². The molecule has 1 fully saturated rings. The molecule has 20 heavy (non-hydrogen) atoms. The van der Waals surface area contributed by atoms with Gasteiger partial charge in [-0.15, -0.1) is 0 Å². The van der Waals surface area contributed by atoms with Gasteiger partial charge in [0.2, 0.25) is 10.0 Å². The minimum absolute atomic E-state index is 0.214. The van der Waals surface area contributed by atoms with E-state index in [2.05, 4.69) is 0 Å². The van der Waals surface area contributed by atoms with Gasteiger partial charge in [-0.05, 0) is 30.0 Å². The zero-order valence-electron chi connectivity index (χ0n) is 11.2. The second-order valence-electron chi connectivity index (χ2n) is 5.23. The summed E-state index contributed by atoms with van der Waals surface area (Å²) in [6.07, 6.45) is 0. The lowest BCUT2D eigenvalue weighted by Gasteiger charge is -2.16. The standard InChI is InChI=1S/C13H16FNO4S/c1-8-6-15(7-9(8)2)20(18,19)12-4-3-10(13(16)17)5-11(12)14/h3-5,8-9H,6-7H2,1-2H3,(H,16,17). The topological polar surface area (TPSA) is 74.7 Å². The first-order chi connectivity index (χ1) is 9.23. The minimum atomic E-state index is -3.91. The van der Waals surface area contributed by atoms with Crippen LogP contribution in [0.15, 0.2) is 23.1 Å². The lowest BCUT2D eigenvalue weighted by molar-refractivity contribution is 0.0696. The fraction of sp³-hybridized carbons (Fsp3) is 0.462. The summed E-state index contributed by atoms with van der Waals surface area (Å²) in [4.78, 5) is 10.3. The van der Waals surface area contributed by atoms with Crippen LogP contribution in [-0.4, -0.2) is 36.9 Å². The Kier molecular flexibility index (Phi) is 3.84. The predicted molar refractivity (Wildman–Crippen MR) is 70.4 cm³/mol. The molecule has 0 radical (unpaired) electrons. The Labute approximate surface area is 117 Å². The summed E-state index contributed by atoms with van der Waals surface area (Å²) in [7, 11) is -3.91. The van der Waals surface area contributed by atoms with Crippen molar-refractivity contribution in [2.45, 2.75) is 18.7 Å². The first kappa shape index (κ1) is 14.9. The maximum absolute atomic E-state index is 13.9. The summed E-state index contributed by atoms with van der Waals surface area (Å²) in [6.45, 7) is 4.60. The molecule has 1 N–H and O–H groups in total. The van der Waals surface area contributed by atoms with E-state index in [-0.39, 0.29) is 17.4 Å². The molecule has 5 nitrogen and oxygen atoms in total. The molecule has 1 aromatic carbocycles. The van der Waals surface area contributed by atoms with Crippen molar-refractivity contribution in [1.82, 2.24) is 4.31 Å². The van der Waals surface area contributed by atoms with Crippen molar-refractivity contribution >= 4 is 16.0 Å². The quantitative estimate of drug-likeness (QED) is 0.923. The number of hydrogen-bond acceptors (Lipinski definition) is 3. The lowest BCUT2D eigenvalue weighted by Crippen LogP contribution is -2.29. The van der Waals surface area contributed by atoms with Crippen molar-refractivity contribution in [3.63, 3.8) is 0 Å². The highest BCUT2D eigenvalue weighted by molar-refractivity contribution is 7.89. The molecule has 2 unspecified atom stereocenters. The Morgan fingerprint density at radius 1 is 1.30 bits per heavy atom. The molecule has 2 atom stereocenters. The Morgan fingerprint density at radius 2 is 1.85 bits per heavy atom. The third-order valence-electron chi connectivity index (χ3n) is 3.75. The maximum atomic E-state index is 13.9. The van der Waals surface area contributed by atoms with Gasteiger partial charge in [-0.2, -0.15) is 4.31 Å². The molecular formula is C13H16FNO4S. The molecule has 110 valence electrons. The Hall–Kier alpha value is -1.47. The molecule has 2 rings (SSSR count). The summed E-state index contributed by atoms with van der Waals surface area (Å²) in [5, 5.41) is 8.76. The van der Waals surface area contributed by atoms with E-state index < -0.39 is 26.7 Å². The fourth-order valence-corrected chi connectivity index (χ4v) is 3.94. The van der Waals surface area contributed by atoms with E-state index in [1.165, 1.54) is 4.31 Å². The molecule has 1 aliphatic rings. The van der Waals surface area contributed by atoms with Gasteiger partial charge in [-0.1, -0.05) is 13.8 Å². The summed E-state index contributed by atoms with van der Waals surface area (Å²) in [5.74, 6) is -1.90. The first-order valence-corrected chi connectivity index (χ1v) is 7.70. The largest absolute Gasteiger partial charge is 0.478 e. The van der Waals surface area contributed by atoms with Gasteiger partial charge in [-0.25, -0.2) is 17.6 Å². The monoisotopic (exact) mass is 301 g/mol. The van der Waals surface area contributed by atoms with Crippen molar-refractivity contribution in [3.8, 4) is 0 Å². The van der Waals surface area contributed by atoms with Crippen LogP contribution in [0.2, 0.25) is 0 Å². The van der Waals surface area contributed by atoms with Crippen LogP contribution in [0.1, 0.15) is 24.2 Å². The van der Waals surface area contributed by atoms with E-state index in [1.807, 2.05) is 13.8 Å².